The van der Waals surface area contributed by atoms with Gasteiger partial charge in [-0.2, -0.15) is 5.10 Å². The maximum atomic E-state index is 12.8. The van der Waals surface area contributed by atoms with Crippen LogP contribution >= 0.6 is 0 Å². The number of H-pyrrole nitrogens is 1. The molecule has 0 aliphatic carbocycles. The van der Waals surface area contributed by atoms with E-state index in [9.17, 15) is 4.79 Å². The van der Waals surface area contributed by atoms with Crippen molar-refractivity contribution in [1.82, 2.24) is 30.0 Å². The van der Waals surface area contributed by atoms with Crippen LogP contribution in [0.2, 0.25) is 0 Å². The van der Waals surface area contributed by atoms with E-state index in [0.717, 1.165) is 60.9 Å². The lowest BCUT2D eigenvalue weighted by molar-refractivity contribution is 0.0625. The number of aromatic amines is 1. The summed E-state index contributed by atoms with van der Waals surface area (Å²) in [5, 5.41) is 6.75. The summed E-state index contributed by atoms with van der Waals surface area (Å²) >= 11 is 0. The highest BCUT2D eigenvalue weighted by atomic mass is 16.2. The summed E-state index contributed by atoms with van der Waals surface area (Å²) in [6.45, 7) is 5.82. The molecule has 1 aliphatic heterocycles. The van der Waals surface area contributed by atoms with Gasteiger partial charge >= 0.3 is 0 Å². The molecule has 7 heteroatoms. The highest BCUT2D eigenvalue weighted by molar-refractivity contribution is 5.94. The van der Waals surface area contributed by atoms with Crippen LogP contribution in [0.15, 0.2) is 48.9 Å². The molecular weight excluding hydrogens is 340 g/mol. The molecule has 1 saturated heterocycles. The smallest absolute Gasteiger partial charge is 0.253 e. The van der Waals surface area contributed by atoms with Crippen LogP contribution in [-0.4, -0.2) is 62.1 Å². The fourth-order valence-electron chi connectivity index (χ4n) is 3.34. The van der Waals surface area contributed by atoms with Crippen LogP contribution in [0.4, 0.5) is 0 Å². The predicted molar refractivity (Wildman–Crippen MR) is 102 cm³/mol. The van der Waals surface area contributed by atoms with Gasteiger partial charge in [-0.05, 0) is 42.3 Å². The number of benzene rings is 1. The monoisotopic (exact) mass is 362 g/mol. The van der Waals surface area contributed by atoms with Gasteiger partial charge in [0.2, 0.25) is 0 Å². The third kappa shape index (κ3) is 4.03. The highest BCUT2D eigenvalue weighted by Gasteiger charge is 2.22. The molecule has 1 N–H and O–H groups in total. The molecule has 0 atom stereocenters. The summed E-state index contributed by atoms with van der Waals surface area (Å²) < 4.78 is 0. The average molecular weight is 362 g/mol. The predicted octanol–water partition coefficient (Wildman–Crippen LogP) is 2.13. The van der Waals surface area contributed by atoms with Crippen molar-refractivity contribution in [1.29, 1.82) is 0 Å². The van der Waals surface area contributed by atoms with Crippen molar-refractivity contribution in [3.05, 3.63) is 66.0 Å². The van der Waals surface area contributed by atoms with E-state index in [4.69, 9.17) is 0 Å². The van der Waals surface area contributed by atoms with Crippen LogP contribution in [-0.2, 0) is 6.54 Å². The molecule has 2 aromatic heterocycles. The number of rotatable bonds is 4. The quantitative estimate of drug-likeness (QED) is 0.769. The van der Waals surface area contributed by atoms with Gasteiger partial charge in [0.25, 0.3) is 5.91 Å². The molecule has 0 bridgehead atoms. The minimum absolute atomic E-state index is 0.0896. The van der Waals surface area contributed by atoms with E-state index < -0.39 is 0 Å². The maximum absolute atomic E-state index is 12.8. The van der Waals surface area contributed by atoms with E-state index in [2.05, 4.69) is 25.1 Å². The van der Waals surface area contributed by atoms with Gasteiger partial charge in [-0.15, -0.1) is 0 Å². The molecule has 1 amide bonds. The van der Waals surface area contributed by atoms with Crippen molar-refractivity contribution in [2.24, 2.45) is 0 Å². The zero-order chi connectivity index (χ0) is 18.6. The van der Waals surface area contributed by atoms with Crippen molar-refractivity contribution < 1.29 is 4.79 Å². The minimum atomic E-state index is 0.0896. The molecule has 0 unspecified atom stereocenters. The zero-order valence-electron chi connectivity index (χ0n) is 15.3. The highest BCUT2D eigenvalue weighted by Crippen LogP contribution is 2.21. The van der Waals surface area contributed by atoms with Crippen molar-refractivity contribution >= 4 is 5.91 Å². The topological polar surface area (TPSA) is 78.0 Å². The van der Waals surface area contributed by atoms with Crippen molar-refractivity contribution in [3.63, 3.8) is 0 Å². The lowest BCUT2D eigenvalue weighted by Gasteiger charge is -2.34. The first-order valence-electron chi connectivity index (χ1n) is 9.08. The van der Waals surface area contributed by atoms with Crippen LogP contribution in [0.5, 0.6) is 0 Å². The van der Waals surface area contributed by atoms with Crippen LogP contribution in [0.3, 0.4) is 0 Å². The van der Waals surface area contributed by atoms with Crippen LogP contribution in [0.1, 0.15) is 21.9 Å². The summed E-state index contributed by atoms with van der Waals surface area (Å²) in [4.78, 5) is 25.4. The molecule has 3 heterocycles. The summed E-state index contributed by atoms with van der Waals surface area (Å²) in [7, 11) is 0. The lowest BCUT2D eigenvalue weighted by Crippen LogP contribution is -2.48. The minimum Gasteiger partial charge on any atom is -0.336 e. The number of amides is 1. The Balaban J connectivity index is 1.37. The third-order valence-electron chi connectivity index (χ3n) is 4.86. The molecule has 1 aromatic carbocycles. The molecular formula is C20H22N6O. The second kappa shape index (κ2) is 7.67. The van der Waals surface area contributed by atoms with Gasteiger partial charge in [-0.1, -0.05) is 12.1 Å². The molecule has 0 saturated carbocycles. The molecule has 138 valence electrons. The average Bonchev–Trinajstić information content (AvgIpc) is 3.21. The summed E-state index contributed by atoms with van der Waals surface area (Å²) in [6.07, 6.45) is 3.33. The number of carbonyl (C=O) groups is 1. The Morgan fingerprint density at radius 2 is 1.81 bits per heavy atom. The Morgan fingerprint density at radius 3 is 2.48 bits per heavy atom. The summed E-state index contributed by atoms with van der Waals surface area (Å²) in [5.41, 5.74) is 3.92. The fourth-order valence-corrected chi connectivity index (χ4v) is 3.34. The van der Waals surface area contributed by atoms with Gasteiger partial charge in [0.1, 0.15) is 12.2 Å². The number of piperazine rings is 1. The number of hydrogen-bond donors (Lipinski definition) is 1. The summed E-state index contributed by atoms with van der Waals surface area (Å²) in [5.74, 6) is 0.948. The van der Waals surface area contributed by atoms with Crippen LogP contribution in [0, 0.1) is 6.92 Å². The van der Waals surface area contributed by atoms with E-state index in [1.807, 2.05) is 54.4 Å². The van der Waals surface area contributed by atoms with Gasteiger partial charge < -0.3 is 4.90 Å². The SMILES string of the molecule is Cc1cc(-c2ccc(C(=O)N3CCN(Cc4ncn[nH]4)CC3)cc2)ccn1. The van der Waals surface area contributed by atoms with E-state index >= 15 is 0 Å². The van der Waals surface area contributed by atoms with Gasteiger partial charge in [0.15, 0.2) is 0 Å². The largest absolute Gasteiger partial charge is 0.336 e. The molecule has 4 rings (SSSR count). The Hall–Kier alpha value is -3.06. The maximum Gasteiger partial charge on any atom is 0.253 e. The zero-order valence-corrected chi connectivity index (χ0v) is 15.3. The molecule has 7 nitrogen and oxygen atoms in total. The molecule has 3 aromatic rings. The second-order valence-electron chi connectivity index (χ2n) is 6.76. The molecule has 27 heavy (non-hydrogen) atoms. The number of nitrogens with one attached hydrogen (secondary N) is 1. The van der Waals surface area contributed by atoms with Crippen molar-refractivity contribution in [2.75, 3.05) is 26.2 Å². The van der Waals surface area contributed by atoms with Gasteiger partial charge in [-0.3, -0.25) is 19.8 Å². The number of aryl methyl sites for hydroxylation is 1. The first-order chi connectivity index (χ1) is 13.2. The number of aromatic nitrogens is 4. The Bertz CT molecular complexity index is 898. The Morgan fingerprint density at radius 1 is 1.04 bits per heavy atom. The molecule has 1 aliphatic rings. The van der Waals surface area contributed by atoms with Gasteiger partial charge in [-0.25, -0.2) is 4.98 Å². The van der Waals surface area contributed by atoms with Crippen molar-refractivity contribution in [3.8, 4) is 11.1 Å². The Kier molecular flexibility index (Phi) is 4.93. The number of pyridine rings is 1. The van der Waals surface area contributed by atoms with Gasteiger partial charge in [0.05, 0.1) is 6.54 Å². The van der Waals surface area contributed by atoms with Gasteiger partial charge in [0, 0.05) is 43.6 Å². The van der Waals surface area contributed by atoms with Crippen molar-refractivity contribution in [2.45, 2.75) is 13.5 Å². The summed E-state index contributed by atoms with van der Waals surface area (Å²) in [6, 6.07) is 11.9. The van der Waals surface area contributed by atoms with Crippen LogP contribution in [0.25, 0.3) is 11.1 Å². The third-order valence-corrected chi connectivity index (χ3v) is 4.86. The van der Waals surface area contributed by atoms with Crippen LogP contribution < -0.4 is 0 Å². The standard InChI is InChI=1S/C20H22N6O/c1-15-12-18(6-7-21-15)16-2-4-17(5-3-16)20(27)26-10-8-25(9-11-26)13-19-22-14-23-24-19/h2-7,12,14H,8-11,13H2,1H3,(H,22,23,24). The fraction of sp³-hybridized carbons (Fsp3) is 0.300. The number of carbonyl (C=O) groups excluding carboxylic acids is 1. The van der Waals surface area contributed by atoms with E-state index in [0.29, 0.717) is 0 Å². The van der Waals surface area contributed by atoms with E-state index in [-0.39, 0.29) is 5.91 Å². The second-order valence-corrected chi connectivity index (χ2v) is 6.76. The Labute approximate surface area is 158 Å². The lowest BCUT2D eigenvalue weighted by atomic mass is 10.0. The number of nitrogens with zero attached hydrogens (tertiary/aromatic N) is 5. The molecule has 1 fully saturated rings. The molecule has 0 spiro atoms. The normalized spacial score (nSPS) is 15.1. The molecule has 0 radical (unpaired) electrons. The van der Waals surface area contributed by atoms with E-state index in [1.54, 1.807) is 0 Å². The number of hydrogen-bond acceptors (Lipinski definition) is 5. The first kappa shape index (κ1) is 17.4. The first-order valence-corrected chi connectivity index (χ1v) is 9.08. The van der Waals surface area contributed by atoms with E-state index in [1.165, 1.54) is 6.33 Å².